The Morgan fingerprint density at radius 3 is 2.56 bits per heavy atom. The maximum Gasteiger partial charge on any atom is 0.240 e. The number of ether oxygens (including phenoxy) is 3. The summed E-state index contributed by atoms with van der Waals surface area (Å²) < 4.78 is 45.8. The first-order valence-electron chi connectivity index (χ1n) is 10.5. The molecule has 2 aromatic carbocycles. The first-order valence-corrected chi connectivity index (χ1v) is 12.0. The molecule has 11 heteroatoms. The predicted octanol–water partition coefficient (Wildman–Crippen LogP) is 2.78. The molecule has 0 spiro atoms. The van der Waals surface area contributed by atoms with Crippen LogP contribution in [0.25, 0.3) is 17.0 Å². The van der Waals surface area contributed by atoms with Gasteiger partial charge in [0.05, 0.1) is 24.7 Å². The van der Waals surface area contributed by atoms with Crippen molar-refractivity contribution in [2.45, 2.75) is 18.7 Å². The standard InChI is InChI=1S/C23H25N5O5S/c1-15-5-6-16(2)20(13-15)34(29,30)24-11-12-33-22-10-9-21-25-26-23(28(21)27-22)18-8-7-17(31-3)14-19(18)32-4/h5-10,13-14,24H,11-12H2,1-4H3. The summed E-state index contributed by atoms with van der Waals surface area (Å²) in [5.74, 6) is 1.97. The Hall–Kier alpha value is -3.70. The van der Waals surface area contributed by atoms with Crippen molar-refractivity contribution in [2.24, 2.45) is 0 Å². The Morgan fingerprint density at radius 1 is 0.971 bits per heavy atom. The van der Waals surface area contributed by atoms with Crippen LogP contribution < -0.4 is 18.9 Å². The van der Waals surface area contributed by atoms with Crippen LogP contribution in [0.3, 0.4) is 0 Å². The van der Waals surface area contributed by atoms with E-state index >= 15 is 0 Å². The van der Waals surface area contributed by atoms with E-state index in [9.17, 15) is 8.42 Å². The van der Waals surface area contributed by atoms with E-state index in [0.717, 1.165) is 5.56 Å². The number of rotatable bonds is 9. The molecule has 0 radical (unpaired) electrons. The number of hydrogen-bond donors (Lipinski definition) is 1. The van der Waals surface area contributed by atoms with Crippen LogP contribution in [0.5, 0.6) is 17.4 Å². The van der Waals surface area contributed by atoms with Crippen molar-refractivity contribution in [3.05, 3.63) is 59.7 Å². The lowest BCUT2D eigenvalue weighted by molar-refractivity contribution is 0.306. The van der Waals surface area contributed by atoms with Crippen molar-refractivity contribution in [3.63, 3.8) is 0 Å². The monoisotopic (exact) mass is 483 g/mol. The molecule has 0 unspecified atom stereocenters. The Morgan fingerprint density at radius 2 is 1.79 bits per heavy atom. The number of sulfonamides is 1. The van der Waals surface area contributed by atoms with Gasteiger partial charge in [-0.25, -0.2) is 13.1 Å². The molecule has 0 atom stereocenters. The zero-order valence-electron chi connectivity index (χ0n) is 19.3. The summed E-state index contributed by atoms with van der Waals surface area (Å²) in [5.41, 5.74) is 2.76. The Labute approximate surface area is 197 Å². The van der Waals surface area contributed by atoms with Gasteiger partial charge in [-0.15, -0.1) is 15.3 Å². The minimum absolute atomic E-state index is 0.0801. The van der Waals surface area contributed by atoms with Gasteiger partial charge in [-0.05, 0) is 49.2 Å². The third-order valence-corrected chi connectivity index (χ3v) is 6.77. The second-order valence-corrected chi connectivity index (χ2v) is 9.28. The second-order valence-electron chi connectivity index (χ2n) is 7.55. The summed E-state index contributed by atoms with van der Waals surface area (Å²) in [7, 11) is -0.514. The van der Waals surface area contributed by atoms with Crippen LogP contribution in [-0.4, -0.2) is 55.6 Å². The van der Waals surface area contributed by atoms with E-state index in [2.05, 4.69) is 20.0 Å². The lowest BCUT2D eigenvalue weighted by atomic mass is 10.2. The Balaban J connectivity index is 1.48. The normalized spacial score (nSPS) is 11.5. The maximum atomic E-state index is 12.6. The van der Waals surface area contributed by atoms with Crippen LogP contribution in [-0.2, 0) is 10.0 Å². The van der Waals surface area contributed by atoms with E-state index in [1.165, 1.54) is 0 Å². The highest BCUT2D eigenvalue weighted by molar-refractivity contribution is 7.89. The van der Waals surface area contributed by atoms with Crippen LogP contribution in [0.4, 0.5) is 0 Å². The molecule has 1 N–H and O–H groups in total. The number of methoxy groups -OCH3 is 2. The van der Waals surface area contributed by atoms with E-state index in [4.69, 9.17) is 14.2 Å². The van der Waals surface area contributed by atoms with Crippen LogP contribution >= 0.6 is 0 Å². The molecular weight excluding hydrogens is 458 g/mol. The predicted molar refractivity (Wildman–Crippen MR) is 126 cm³/mol. The lowest BCUT2D eigenvalue weighted by Gasteiger charge is -2.11. The van der Waals surface area contributed by atoms with Gasteiger partial charge in [-0.3, -0.25) is 0 Å². The van der Waals surface area contributed by atoms with Crippen molar-refractivity contribution in [2.75, 3.05) is 27.4 Å². The van der Waals surface area contributed by atoms with E-state index in [1.54, 1.807) is 62.1 Å². The number of fused-ring (bicyclic) bond motifs is 1. The fourth-order valence-electron chi connectivity index (χ4n) is 3.41. The smallest absolute Gasteiger partial charge is 0.240 e. The highest BCUT2D eigenvalue weighted by Crippen LogP contribution is 2.32. The summed E-state index contributed by atoms with van der Waals surface area (Å²) in [5, 5.41) is 12.8. The highest BCUT2D eigenvalue weighted by Gasteiger charge is 2.18. The SMILES string of the molecule is COc1ccc(-c2nnc3ccc(OCCNS(=O)(=O)c4cc(C)ccc4C)nn23)c(OC)c1. The summed E-state index contributed by atoms with van der Waals surface area (Å²) in [6, 6.07) is 14.0. The molecule has 0 aliphatic heterocycles. The van der Waals surface area contributed by atoms with Gasteiger partial charge in [-0.1, -0.05) is 12.1 Å². The van der Waals surface area contributed by atoms with Crippen molar-refractivity contribution in [1.29, 1.82) is 0 Å². The zero-order chi connectivity index (χ0) is 24.3. The van der Waals surface area contributed by atoms with E-state index in [0.29, 0.717) is 40.0 Å². The average Bonchev–Trinajstić information content (AvgIpc) is 3.26. The molecule has 4 rings (SSSR count). The third-order valence-electron chi connectivity index (χ3n) is 5.17. The van der Waals surface area contributed by atoms with Gasteiger partial charge in [0.25, 0.3) is 0 Å². The number of benzene rings is 2. The Kier molecular flexibility index (Phi) is 6.66. The van der Waals surface area contributed by atoms with Gasteiger partial charge in [0, 0.05) is 18.7 Å². The molecule has 0 aliphatic rings. The fourth-order valence-corrected chi connectivity index (χ4v) is 4.75. The summed E-state index contributed by atoms with van der Waals surface area (Å²) in [6.45, 7) is 3.78. The van der Waals surface area contributed by atoms with E-state index < -0.39 is 10.0 Å². The Bertz CT molecular complexity index is 1440. The summed E-state index contributed by atoms with van der Waals surface area (Å²) in [4.78, 5) is 0.259. The van der Waals surface area contributed by atoms with Gasteiger partial charge in [0.15, 0.2) is 11.5 Å². The quantitative estimate of drug-likeness (QED) is 0.361. The van der Waals surface area contributed by atoms with Crippen LogP contribution in [0.1, 0.15) is 11.1 Å². The molecule has 2 heterocycles. The molecule has 34 heavy (non-hydrogen) atoms. The number of hydrogen-bond acceptors (Lipinski definition) is 8. The molecule has 178 valence electrons. The third kappa shape index (κ3) is 4.80. The molecule has 0 amide bonds. The van der Waals surface area contributed by atoms with Crippen LogP contribution in [0, 0.1) is 13.8 Å². The molecular formula is C23H25N5O5S. The topological polar surface area (TPSA) is 117 Å². The minimum atomic E-state index is -3.65. The molecule has 10 nitrogen and oxygen atoms in total. The number of nitrogens with zero attached hydrogens (tertiary/aromatic N) is 4. The molecule has 0 saturated carbocycles. The first kappa shape index (κ1) is 23.5. The van der Waals surface area contributed by atoms with Gasteiger partial charge >= 0.3 is 0 Å². The van der Waals surface area contributed by atoms with Crippen molar-refractivity contribution in [3.8, 4) is 28.8 Å². The zero-order valence-corrected chi connectivity index (χ0v) is 20.1. The number of aromatic nitrogens is 4. The second kappa shape index (κ2) is 9.65. The molecule has 0 fully saturated rings. The van der Waals surface area contributed by atoms with E-state index in [-0.39, 0.29) is 18.0 Å². The summed E-state index contributed by atoms with van der Waals surface area (Å²) >= 11 is 0. The van der Waals surface area contributed by atoms with Crippen LogP contribution in [0.15, 0.2) is 53.4 Å². The summed E-state index contributed by atoms with van der Waals surface area (Å²) in [6.07, 6.45) is 0. The van der Waals surface area contributed by atoms with Gasteiger partial charge in [0.1, 0.15) is 18.1 Å². The largest absolute Gasteiger partial charge is 0.497 e. The van der Waals surface area contributed by atoms with Gasteiger partial charge in [-0.2, -0.15) is 4.52 Å². The number of aryl methyl sites for hydroxylation is 2. The van der Waals surface area contributed by atoms with Gasteiger partial charge < -0.3 is 14.2 Å². The van der Waals surface area contributed by atoms with Crippen molar-refractivity contribution >= 4 is 15.7 Å². The van der Waals surface area contributed by atoms with Crippen LogP contribution in [0.2, 0.25) is 0 Å². The molecule has 0 bridgehead atoms. The molecule has 0 saturated heterocycles. The van der Waals surface area contributed by atoms with Crippen molar-refractivity contribution in [1.82, 2.24) is 24.5 Å². The lowest BCUT2D eigenvalue weighted by Crippen LogP contribution is -2.29. The minimum Gasteiger partial charge on any atom is -0.497 e. The fraction of sp³-hybridized carbons (Fsp3) is 0.261. The van der Waals surface area contributed by atoms with Crippen molar-refractivity contribution < 1.29 is 22.6 Å². The molecule has 4 aromatic rings. The average molecular weight is 484 g/mol. The molecule has 2 aromatic heterocycles. The van der Waals surface area contributed by atoms with E-state index in [1.807, 2.05) is 19.1 Å². The molecule has 0 aliphatic carbocycles. The number of nitrogens with one attached hydrogen (secondary N) is 1. The maximum absolute atomic E-state index is 12.6. The highest BCUT2D eigenvalue weighted by atomic mass is 32.2. The first-order chi connectivity index (χ1) is 16.3. The van der Waals surface area contributed by atoms with Gasteiger partial charge in [0.2, 0.25) is 15.9 Å².